The molecule has 15 heteroatoms. The van der Waals surface area contributed by atoms with Crippen LogP contribution in [0.25, 0.3) is 0 Å². The fraction of sp³-hybridized carbons (Fsp3) is 0.541. The number of nitrogens with one attached hydrogen (secondary N) is 5. The van der Waals surface area contributed by atoms with E-state index in [1.165, 1.54) is 25.8 Å². The number of amides is 5. The van der Waals surface area contributed by atoms with E-state index >= 15 is 0 Å². The summed E-state index contributed by atoms with van der Waals surface area (Å²) in [7, 11) is 1.40. The highest BCUT2D eigenvalue weighted by Crippen LogP contribution is 2.39. The average molecular weight is 743 g/mol. The Morgan fingerprint density at radius 3 is 2.02 bits per heavy atom. The van der Waals surface area contributed by atoms with Crippen molar-refractivity contribution in [3.63, 3.8) is 0 Å². The molecule has 0 unspecified atom stereocenters. The molecule has 6 N–H and O–H groups in total. The Morgan fingerprint density at radius 1 is 0.846 bits per heavy atom. The van der Waals surface area contributed by atoms with Crippen molar-refractivity contribution in [2.24, 2.45) is 11.8 Å². The van der Waals surface area contributed by atoms with Gasteiger partial charge in [-0.3, -0.25) is 29.4 Å². The van der Waals surface area contributed by atoms with Crippen molar-refractivity contribution in [2.75, 3.05) is 19.5 Å². The monoisotopic (exact) mass is 742 g/mol. The van der Waals surface area contributed by atoms with Crippen molar-refractivity contribution in [1.29, 1.82) is 0 Å². The lowest BCUT2D eigenvalue weighted by Crippen LogP contribution is -2.60. The Balaban J connectivity index is 1.75. The number of aliphatic hydroxyl groups excluding tert-OH is 1. The number of benzene rings is 2. The normalized spacial score (nSPS) is 18.5. The second-order valence-corrected chi connectivity index (χ2v) is 15.7. The average Bonchev–Trinajstić information content (AvgIpc) is 3.38. The van der Waals surface area contributed by atoms with E-state index in [0.717, 1.165) is 5.56 Å². The van der Waals surface area contributed by atoms with Crippen molar-refractivity contribution in [3.05, 3.63) is 66.2 Å². The number of imide groups is 1. The summed E-state index contributed by atoms with van der Waals surface area (Å²) in [5.74, 6) is -1.96. The summed E-state index contributed by atoms with van der Waals surface area (Å²) >= 11 is 1.52. The van der Waals surface area contributed by atoms with E-state index in [4.69, 9.17) is 9.57 Å². The van der Waals surface area contributed by atoms with Gasteiger partial charge in [0.15, 0.2) is 0 Å². The van der Waals surface area contributed by atoms with E-state index in [2.05, 4.69) is 26.7 Å². The maximum atomic E-state index is 13.8. The topological polar surface area (TPSA) is 187 Å². The largest absolute Gasteiger partial charge is 0.413 e. The molecule has 52 heavy (non-hydrogen) atoms. The molecule has 0 radical (unpaired) electrons. The molecular weight excluding hydrogens is 689 g/mol. The number of rotatable bonds is 17. The van der Waals surface area contributed by atoms with E-state index in [9.17, 15) is 29.1 Å². The molecular formula is C37H54N6O8S. The fourth-order valence-corrected chi connectivity index (χ4v) is 7.01. The van der Waals surface area contributed by atoms with Gasteiger partial charge in [-0.15, -0.1) is 11.8 Å². The van der Waals surface area contributed by atoms with Crippen LogP contribution in [-0.2, 0) is 30.4 Å². The minimum atomic E-state index is -1.15. The molecule has 2 aromatic rings. The van der Waals surface area contributed by atoms with Gasteiger partial charge in [-0.2, -0.15) is 5.48 Å². The minimum Gasteiger partial charge on any atom is -0.410 e. The summed E-state index contributed by atoms with van der Waals surface area (Å²) in [6.07, 6.45) is -1.72. The predicted molar refractivity (Wildman–Crippen MR) is 199 cm³/mol. The summed E-state index contributed by atoms with van der Waals surface area (Å²) in [6.45, 7) is 12.5. The number of hydrogen-bond acceptors (Lipinski definition) is 11. The van der Waals surface area contributed by atoms with Crippen LogP contribution in [0.3, 0.4) is 0 Å². The highest BCUT2D eigenvalue weighted by atomic mass is 32.2. The Morgan fingerprint density at radius 2 is 1.44 bits per heavy atom. The van der Waals surface area contributed by atoms with Gasteiger partial charge in [0.05, 0.1) is 19.3 Å². The summed E-state index contributed by atoms with van der Waals surface area (Å²) in [6, 6.07) is 13.4. The number of thioether (sulfide) groups is 1. The first-order valence-electron chi connectivity index (χ1n) is 17.4. The fourth-order valence-electron chi connectivity index (χ4n) is 5.84. The molecule has 5 amide bonds. The molecule has 1 saturated heterocycles. The van der Waals surface area contributed by atoms with Crippen LogP contribution < -0.4 is 31.5 Å². The lowest BCUT2D eigenvalue weighted by Gasteiger charge is -2.34. The molecule has 0 saturated carbocycles. The molecule has 286 valence electrons. The van der Waals surface area contributed by atoms with Gasteiger partial charge < -0.3 is 30.6 Å². The Labute approximate surface area is 310 Å². The van der Waals surface area contributed by atoms with E-state index in [0.29, 0.717) is 11.6 Å². The summed E-state index contributed by atoms with van der Waals surface area (Å²) in [5.41, 5.74) is 3.49. The van der Waals surface area contributed by atoms with Crippen LogP contribution in [0.4, 0.5) is 4.79 Å². The smallest absolute Gasteiger partial charge is 0.410 e. The lowest BCUT2D eigenvalue weighted by atomic mass is 9.96. The van der Waals surface area contributed by atoms with Gasteiger partial charge in [0.2, 0.25) is 23.6 Å². The number of carbonyl (C=O) groups is 5. The quantitative estimate of drug-likeness (QED) is 0.131. The molecule has 1 fully saturated rings. The van der Waals surface area contributed by atoms with Crippen molar-refractivity contribution in [1.82, 2.24) is 31.6 Å². The number of hydroxylamine groups is 1. The molecule has 2 aromatic carbocycles. The van der Waals surface area contributed by atoms with Crippen LogP contribution in [0.5, 0.6) is 5.75 Å². The van der Waals surface area contributed by atoms with Crippen molar-refractivity contribution in [3.8, 4) is 5.75 Å². The molecule has 0 aromatic heterocycles. The summed E-state index contributed by atoms with van der Waals surface area (Å²) < 4.78 is 4.61. The highest BCUT2D eigenvalue weighted by molar-refractivity contribution is 8.00. The number of para-hydroxylation sites is 1. The molecule has 1 aliphatic heterocycles. The number of ether oxygens (including phenoxy) is 1. The third-order valence-electron chi connectivity index (χ3n) is 8.76. The van der Waals surface area contributed by atoms with Crippen LogP contribution in [0.1, 0.15) is 54.0 Å². The van der Waals surface area contributed by atoms with Crippen molar-refractivity contribution in [2.45, 2.75) is 95.9 Å². The van der Waals surface area contributed by atoms with E-state index in [1.807, 2.05) is 58.0 Å². The second kappa shape index (κ2) is 19.7. The zero-order chi connectivity index (χ0) is 38.6. The summed E-state index contributed by atoms with van der Waals surface area (Å²) in [4.78, 5) is 72.8. The van der Waals surface area contributed by atoms with Crippen LogP contribution >= 0.6 is 11.8 Å². The molecule has 0 aliphatic carbocycles. The van der Waals surface area contributed by atoms with E-state index in [-0.39, 0.29) is 24.8 Å². The minimum absolute atomic E-state index is 0.00754. The molecule has 0 bridgehead atoms. The third kappa shape index (κ3) is 12.3. The first-order valence-corrected chi connectivity index (χ1v) is 18.4. The Kier molecular flexibility index (Phi) is 16.1. The number of nitrogens with zero attached hydrogens (tertiary/aromatic N) is 1. The number of aliphatic hydroxyl groups is 1. The Hall–Kier alpha value is -4.02. The van der Waals surface area contributed by atoms with Crippen molar-refractivity contribution >= 4 is 41.5 Å². The van der Waals surface area contributed by atoms with Gasteiger partial charge in [0.25, 0.3) is 0 Å². The van der Waals surface area contributed by atoms with Crippen LogP contribution in [0.2, 0.25) is 0 Å². The molecule has 1 heterocycles. The zero-order valence-corrected chi connectivity index (χ0v) is 32.0. The number of carbonyl (C=O) groups excluding carboxylic acids is 5. The van der Waals surface area contributed by atoms with E-state index < -0.39 is 70.8 Å². The third-order valence-corrected chi connectivity index (χ3v) is 10.2. The van der Waals surface area contributed by atoms with Gasteiger partial charge in [0.1, 0.15) is 29.9 Å². The van der Waals surface area contributed by atoms with Gasteiger partial charge in [0, 0.05) is 17.2 Å². The SMILES string of the molecule is CON[C@H](C(=O)NC(=O)[C@H]1N(C[C@@H](O)[C@H](Cc2ccccc2)NC(=O)[C@@H](NC(=O)[C@H](C)NC(=O)Oc2ccccc2)C(C)C)CSC1(C)C)C(C)C. The molecule has 14 nitrogen and oxygen atoms in total. The standard InChI is InChI=1S/C37H54N6O8S/c1-22(2)29(40-32(45)24(5)38-36(49)51-26-17-13-10-14-18-26)33(46)39-27(19-25-15-11-9-12-16-25)28(44)20-43-21-52-37(6,7)31(43)35(48)41-34(47)30(23(3)4)42-50-8/h9-18,22-24,27-31,42,44H,19-21H2,1-8H3,(H,38,49)(H,39,46)(H,40,45)(H,41,47,48)/t24-,27-,28+,29-,30-,31+/m0/s1. The first-order chi connectivity index (χ1) is 24.5. The number of hydrogen-bond donors (Lipinski definition) is 6. The van der Waals surface area contributed by atoms with Crippen molar-refractivity contribution < 1.29 is 38.7 Å². The maximum Gasteiger partial charge on any atom is 0.413 e. The number of β-amino-alcohol motifs (C(OH)–C–C–N with tert-alkyl or cyclic N) is 1. The first kappa shape index (κ1) is 42.4. The maximum absolute atomic E-state index is 13.8. The van der Waals surface area contributed by atoms with Gasteiger partial charge in [-0.25, -0.2) is 4.79 Å². The van der Waals surface area contributed by atoms with Crippen LogP contribution in [-0.4, -0.2) is 100 Å². The highest BCUT2D eigenvalue weighted by Gasteiger charge is 2.47. The van der Waals surface area contributed by atoms with Gasteiger partial charge >= 0.3 is 6.09 Å². The second-order valence-electron chi connectivity index (χ2n) is 14.1. The molecule has 0 spiro atoms. The predicted octanol–water partition coefficient (Wildman–Crippen LogP) is 2.36. The summed E-state index contributed by atoms with van der Waals surface area (Å²) in [5, 5.41) is 22.4. The lowest BCUT2D eigenvalue weighted by molar-refractivity contribution is -0.138. The van der Waals surface area contributed by atoms with Crippen LogP contribution in [0, 0.1) is 11.8 Å². The van der Waals surface area contributed by atoms with Crippen LogP contribution in [0.15, 0.2) is 60.7 Å². The zero-order valence-electron chi connectivity index (χ0n) is 31.2. The van der Waals surface area contributed by atoms with E-state index in [1.54, 1.807) is 49.1 Å². The Bertz CT molecular complexity index is 1500. The molecule has 6 atom stereocenters. The van der Waals surface area contributed by atoms with Gasteiger partial charge in [-0.05, 0) is 56.7 Å². The molecule has 3 rings (SSSR count). The molecule has 1 aliphatic rings. The van der Waals surface area contributed by atoms with Gasteiger partial charge in [-0.1, -0.05) is 76.2 Å².